The number of fused-ring (bicyclic) bond motifs is 1. The van der Waals surface area contributed by atoms with Crippen molar-refractivity contribution in [3.8, 4) is 0 Å². The third kappa shape index (κ3) is 4.31. The molecule has 2 unspecified atom stereocenters. The summed E-state index contributed by atoms with van der Waals surface area (Å²) in [5.74, 6) is 0. The number of likely N-dealkylation sites (tertiary alicyclic amines) is 1. The average Bonchev–Trinajstić information content (AvgIpc) is 2.90. The molecule has 0 saturated carbocycles. The minimum atomic E-state index is 0. The molecule has 0 amide bonds. The van der Waals surface area contributed by atoms with Gasteiger partial charge in [0.25, 0.3) is 0 Å². The first-order valence-corrected chi connectivity index (χ1v) is 7.93. The largest absolute Gasteiger partial charge is 0.381 e. The number of halogens is 2. The van der Waals surface area contributed by atoms with Gasteiger partial charge in [0, 0.05) is 26.2 Å². The maximum absolute atomic E-state index is 5.93. The Morgan fingerprint density at radius 3 is 2.82 bits per heavy atom. The minimum Gasteiger partial charge on any atom is -0.381 e. The van der Waals surface area contributed by atoms with E-state index in [1.165, 1.54) is 9.71 Å². The molecule has 2 N–H and O–H groups in total. The van der Waals surface area contributed by atoms with Crippen LogP contribution in [0.5, 0.6) is 0 Å². The van der Waals surface area contributed by atoms with Crippen LogP contribution < -0.4 is 5.73 Å². The van der Waals surface area contributed by atoms with Crippen LogP contribution in [0, 0.1) is 0 Å². The SMILES string of the molecule is COC1CCN(Cc2nc3ccccc3s2)C(CN)C1.Cl.Cl. The Kier molecular flexibility index (Phi) is 8.03. The molecule has 2 atom stereocenters. The van der Waals surface area contributed by atoms with E-state index in [0.29, 0.717) is 18.7 Å². The number of nitrogens with zero attached hydrogens (tertiary/aromatic N) is 2. The first kappa shape index (κ1) is 19.6. The third-order valence-electron chi connectivity index (χ3n) is 4.07. The molecule has 7 heteroatoms. The van der Waals surface area contributed by atoms with Crippen molar-refractivity contribution in [3.63, 3.8) is 0 Å². The predicted molar refractivity (Wildman–Crippen MR) is 97.4 cm³/mol. The molecule has 22 heavy (non-hydrogen) atoms. The number of para-hydroxylation sites is 1. The molecule has 2 aromatic rings. The van der Waals surface area contributed by atoms with Crippen LogP contribution in [0.3, 0.4) is 0 Å². The van der Waals surface area contributed by atoms with E-state index in [-0.39, 0.29) is 24.8 Å². The smallest absolute Gasteiger partial charge is 0.108 e. The fraction of sp³-hybridized carbons (Fsp3) is 0.533. The van der Waals surface area contributed by atoms with Gasteiger partial charge < -0.3 is 10.5 Å². The van der Waals surface area contributed by atoms with E-state index >= 15 is 0 Å². The zero-order chi connectivity index (χ0) is 13.9. The van der Waals surface area contributed by atoms with E-state index in [1.54, 1.807) is 18.4 Å². The Bertz CT molecular complexity index is 548. The van der Waals surface area contributed by atoms with Crippen molar-refractivity contribution in [1.82, 2.24) is 9.88 Å². The van der Waals surface area contributed by atoms with Gasteiger partial charge in [-0.05, 0) is 25.0 Å². The molecule has 4 nitrogen and oxygen atoms in total. The van der Waals surface area contributed by atoms with Crippen molar-refractivity contribution in [1.29, 1.82) is 0 Å². The number of ether oxygens (including phenoxy) is 1. The molecule has 1 aromatic carbocycles. The summed E-state index contributed by atoms with van der Waals surface area (Å²) in [5, 5.41) is 1.18. The molecule has 0 bridgehead atoms. The van der Waals surface area contributed by atoms with Crippen LogP contribution in [0.25, 0.3) is 10.2 Å². The second kappa shape index (κ2) is 9.01. The molecule has 0 spiro atoms. The number of hydrogen-bond acceptors (Lipinski definition) is 5. The molecule has 124 valence electrons. The number of benzene rings is 1. The molecule has 3 rings (SSSR count). The zero-order valence-electron chi connectivity index (χ0n) is 12.6. The summed E-state index contributed by atoms with van der Waals surface area (Å²) in [6, 6.07) is 8.72. The van der Waals surface area contributed by atoms with Gasteiger partial charge in [0.15, 0.2) is 0 Å². The second-order valence-corrected chi connectivity index (χ2v) is 6.43. The molecule has 1 fully saturated rings. The monoisotopic (exact) mass is 363 g/mol. The Morgan fingerprint density at radius 1 is 1.36 bits per heavy atom. The van der Waals surface area contributed by atoms with E-state index in [1.807, 2.05) is 6.07 Å². The van der Waals surface area contributed by atoms with Crippen LogP contribution in [0.1, 0.15) is 17.8 Å². The van der Waals surface area contributed by atoms with Crippen LogP contribution in [0.2, 0.25) is 0 Å². The topological polar surface area (TPSA) is 51.4 Å². The summed E-state index contributed by atoms with van der Waals surface area (Å²) in [4.78, 5) is 7.17. The van der Waals surface area contributed by atoms with E-state index in [4.69, 9.17) is 15.5 Å². The van der Waals surface area contributed by atoms with Gasteiger partial charge in [0.05, 0.1) is 22.9 Å². The van der Waals surface area contributed by atoms with Crippen LogP contribution >= 0.6 is 36.2 Å². The number of piperidine rings is 1. The summed E-state index contributed by atoms with van der Waals surface area (Å²) in [7, 11) is 1.79. The lowest BCUT2D eigenvalue weighted by atomic mass is 9.99. The van der Waals surface area contributed by atoms with E-state index in [9.17, 15) is 0 Å². The highest BCUT2D eigenvalue weighted by Crippen LogP contribution is 2.26. The highest BCUT2D eigenvalue weighted by atomic mass is 35.5. The lowest BCUT2D eigenvalue weighted by Crippen LogP contribution is -2.47. The standard InChI is InChI=1S/C15H21N3OS.2ClH/c1-19-12-6-7-18(11(8-12)9-16)10-15-17-13-4-2-3-5-14(13)20-15;;/h2-5,11-12H,6-10,16H2,1H3;2*1H. The number of aromatic nitrogens is 1. The molecule has 1 saturated heterocycles. The highest BCUT2D eigenvalue weighted by molar-refractivity contribution is 7.18. The van der Waals surface area contributed by atoms with Gasteiger partial charge in [0.2, 0.25) is 0 Å². The van der Waals surface area contributed by atoms with Crippen molar-refractivity contribution >= 4 is 46.4 Å². The summed E-state index contributed by atoms with van der Waals surface area (Å²) < 4.78 is 6.74. The van der Waals surface area contributed by atoms with Gasteiger partial charge in [-0.3, -0.25) is 4.90 Å². The first-order valence-electron chi connectivity index (χ1n) is 7.11. The maximum atomic E-state index is 5.93. The number of rotatable bonds is 4. The average molecular weight is 364 g/mol. The molecular weight excluding hydrogens is 341 g/mol. The first-order chi connectivity index (χ1) is 9.80. The fourth-order valence-corrected chi connectivity index (χ4v) is 3.88. The normalized spacial score (nSPS) is 22.1. The van der Waals surface area contributed by atoms with Crippen molar-refractivity contribution in [2.24, 2.45) is 5.73 Å². The Hall–Kier alpha value is -0.430. The lowest BCUT2D eigenvalue weighted by Gasteiger charge is -2.37. The van der Waals surface area contributed by atoms with Gasteiger partial charge in [-0.1, -0.05) is 12.1 Å². The third-order valence-corrected chi connectivity index (χ3v) is 5.09. The number of methoxy groups -OCH3 is 1. The highest BCUT2D eigenvalue weighted by Gasteiger charge is 2.28. The van der Waals surface area contributed by atoms with Gasteiger partial charge in [-0.25, -0.2) is 4.98 Å². The summed E-state index contributed by atoms with van der Waals surface area (Å²) in [6.45, 7) is 2.62. The molecule has 0 radical (unpaired) electrons. The molecular formula is C15H23Cl2N3OS. The number of hydrogen-bond donors (Lipinski definition) is 1. The quantitative estimate of drug-likeness (QED) is 0.906. The van der Waals surface area contributed by atoms with Crippen molar-refractivity contribution in [2.75, 3.05) is 20.2 Å². The van der Waals surface area contributed by atoms with E-state index in [2.05, 4.69) is 23.1 Å². The summed E-state index contributed by atoms with van der Waals surface area (Å²) in [6.07, 6.45) is 2.46. The minimum absolute atomic E-state index is 0. The summed E-state index contributed by atoms with van der Waals surface area (Å²) >= 11 is 1.79. The molecule has 1 aliphatic heterocycles. The van der Waals surface area contributed by atoms with Crippen molar-refractivity contribution in [2.45, 2.75) is 31.5 Å². The van der Waals surface area contributed by atoms with Crippen LogP contribution in [-0.2, 0) is 11.3 Å². The van der Waals surface area contributed by atoms with Crippen LogP contribution in [0.4, 0.5) is 0 Å². The number of thiazole rings is 1. The Labute approximate surface area is 147 Å². The Balaban J connectivity index is 0.00000121. The second-order valence-electron chi connectivity index (χ2n) is 5.32. The van der Waals surface area contributed by atoms with Crippen LogP contribution in [0.15, 0.2) is 24.3 Å². The van der Waals surface area contributed by atoms with Gasteiger partial charge in [0.1, 0.15) is 5.01 Å². The molecule has 1 aromatic heterocycles. The van der Waals surface area contributed by atoms with Crippen molar-refractivity contribution < 1.29 is 4.74 Å². The molecule has 1 aliphatic rings. The lowest BCUT2D eigenvalue weighted by molar-refractivity contribution is 0.0102. The van der Waals surface area contributed by atoms with E-state index < -0.39 is 0 Å². The fourth-order valence-electron chi connectivity index (χ4n) is 2.89. The van der Waals surface area contributed by atoms with Gasteiger partial charge in [-0.15, -0.1) is 36.2 Å². The zero-order valence-corrected chi connectivity index (χ0v) is 15.1. The van der Waals surface area contributed by atoms with Gasteiger partial charge >= 0.3 is 0 Å². The number of nitrogens with two attached hydrogens (primary N) is 1. The predicted octanol–water partition coefficient (Wildman–Crippen LogP) is 3.08. The van der Waals surface area contributed by atoms with Crippen molar-refractivity contribution in [3.05, 3.63) is 29.3 Å². The summed E-state index contributed by atoms with van der Waals surface area (Å²) in [5.41, 5.74) is 7.03. The molecule has 0 aliphatic carbocycles. The van der Waals surface area contributed by atoms with Gasteiger partial charge in [-0.2, -0.15) is 0 Å². The van der Waals surface area contributed by atoms with E-state index in [0.717, 1.165) is 31.4 Å². The van der Waals surface area contributed by atoms with Crippen LogP contribution in [-0.4, -0.2) is 42.2 Å². The molecule has 2 heterocycles. The Morgan fingerprint density at radius 2 is 2.14 bits per heavy atom. The maximum Gasteiger partial charge on any atom is 0.108 e.